The topological polar surface area (TPSA) is 0 Å². The molecule has 0 rings (SSSR count). The zero-order chi connectivity index (χ0) is 7.49. The van der Waals surface area contributed by atoms with Crippen LogP contribution < -0.4 is 0 Å². The highest BCUT2D eigenvalue weighted by Crippen LogP contribution is 2.26. The predicted molar refractivity (Wildman–Crippen MR) is 25.5 cm³/mol. The van der Waals surface area contributed by atoms with Gasteiger partial charge in [-0.1, -0.05) is 6.92 Å². The van der Waals surface area contributed by atoms with Crippen molar-refractivity contribution in [3.8, 4) is 0 Å². The third-order valence-electron chi connectivity index (χ3n) is 0.654. The van der Waals surface area contributed by atoms with Crippen LogP contribution in [-0.2, 0) is 0 Å². The maximum Gasteiger partial charge on any atom is 0.442 e. The molecule has 0 amide bonds. The fourth-order valence-corrected chi connectivity index (χ4v) is 0.295. The van der Waals surface area contributed by atoms with Gasteiger partial charge >= 0.3 is 6.18 Å². The van der Waals surface area contributed by atoms with Crippen molar-refractivity contribution in [3.63, 3.8) is 0 Å². The van der Waals surface area contributed by atoms with Crippen molar-refractivity contribution in [1.29, 1.82) is 0 Å². The van der Waals surface area contributed by atoms with Crippen LogP contribution in [0, 0.1) is 0 Å². The van der Waals surface area contributed by atoms with Crippen LogP contribution in [-0.4, -0.2) is 6.18 Å². The van der Waals surface area contributed by atoms with Crippen LogP contribution in [0.4, 0.5) is 17.6 Å². The molecule has 0 heterocycles. The van der Waals surface area contributed by atoms with Crippen molar-refractivity contribution >= 4 is 0 Å². The van der Waals surface area contributed by atoms with Gasteiger partial charge in [0.1, 0.15) is 0 Å². The van der Waals surface area contributed by atoms with Gasteiger partial charge in [-0.25, -0.2) is 4.39 Å². The van der Waals surface area contributed by atoms with Gasteiger partial charge in [0, 0.05) is 0 Å². The Balaban J connectivity index is 4.03. The largest absolute Gasteiger partial charge is 0.442 e. The number of hydrogen-bond donors (Lipinski definition) is 0. The summed E-state index contributed by atoms with van der Waals surface area (Å²) in [6.07, 6.45) is -4.23. The monoisotopic (exact) mass is 142 g/mol. The molecule has 0 aliphatic rings. The van der Waals surface area contributed by atoms with E-state index in [1.165, 1.54) is 6.92 Å². The molecule has 9 heavy (non-hydrogen) atoms. The summed E-state index contributed by atoms with van der Waals surface area (Å²) < 4.78 is 45.2. The first-order valence-corrected chi connectivity index (χ1v) is 2.41. The Morgan fingerprint density at radius 2 is 1.89 bits per heavy atom. The number of halogens is 4. The van der Waals surface area contributed by atoms with E-state index < -0.39 is 12.0 Å². The van der Waals surface area contributed by atoms with E-state index >= 15 is 0 Å². The van der Waals surface area contributed by atoms with Crippen LogP contribution in [0.1, 0.15) is 13.3 Å². The van der Waals surface area contributed by atoms with E-state index in [0.717, 1.165) is 0 Å². The molecular formula is C5H6F4. The molecule has 54 valence electrons. The Morgan fingerprint density at radius 1 is 1.44 bits per heavy atom. The molecule has 0 aromatic heterocycles. The fourth-order valence-electron chi connectivity index (χ4n) is 0.295. The van der Waals surface area contributed by atoms with Crippen molar-refractivity contribution in [2.45, 2.75) is 19.5 Å². The molecular weight excluding hydrogens is 136 g/mol. The van der Waals surface area contributed by atoms with E-state index in [9.17, 15) is 17.6 Å². The third-order valence-corrected chi connectivity index (χ3v) is 0.654. The molecule has 0 bridgehead atoms. The van der Waals surface area contributed by atoms with Gasteiger partial charge in [0.15, 0.2) is 5.83 Å². The number of alkyl halides is 3. The number of hydrogen-bond acceptors (Lipinski definition) is 0. The van der Waals surface area contributed by atoms with Gasteiger partial charge in [0.25, 0.3) is 0 Å². The van der Waals surface area contributed by atoms with Crippen molar-refractivity contribution in [2.24, 2.45) is 0 Å². The van der Waals surface area contributed by atoms with Crippen molar-refractivity contribution in [2.75, 3.05) is 0 Å². The summed E-state index contributed by atoms with van der Waals surface area (Å²) in [5, 5.41) is 0. The van der Waals surface area contributed by atoms with E-state index in [4.69, 9.17) is 0 Å². The van der Waals surface area contributed by atoms with Gasteiger partial charge < -0.3 is 0 Å². The average molecular weight is 142 g/mol. The molecule has 0 saturated carbocycles. The van der Waals surface area contributed by atoms with Gasteiger partial charge in [-0.3, -0.25) is 0 Å². The third kappa shape index (κ3) is 3.11. The SMILES string of the molecule is CCC=C(F)C(F)(F)F. The van der Waals surface area contributed by atoms with Crippen LogP contribution in [0.25, 0.3) is 0 Å². The maximum atomic E-state index is 11.6. The van der Waals surface area contributed by atoms with E-state index in [1.807, 2.05) is 0 Å². The van der Waals surface area contributed by atoms with Crippen LogP contribution >= 0.6 is 0 Å². The lowest BCUT2D eigenvalue weighted by molar-refractivity contribution is -0.109. The average Bonchev–Trinajstić information content (AvgIpc) is 1.64. The van der Waals surface area contributed by atoms with Crippen LogP contribution in [0.2, 0.25) is 0 Å². The first kappa shape index (κ1) is 8.46. The summed E-state index contributed by atoms with van der Waals surface area (Å²) >= 11 is 0. The number of allylic oxidation sites excluding steroid dienone is 2. The second-order valence-electron chi connectivity index (χ2n) is 1.46. The highest BCUT2D eigenvalue weighted by molar-refractivity contribution is 4.97. The molecule has 0 aromatic carbocycles. The number of rotatable bonds is 1. The first-order valence-electron chi connectivity index (χ1n) is 2.41. The van der Waals surface area contributed by atoms with E-state index in [0.29, 0.717) is 6.08 Å². The summed E-state index contributed by atoms with van der Waals surface area (Å²) in [7, 11) is 0. The van der Waals surface area contributed by atoms with Gasteiger partial charge in [-0.15, -0.1) is 0 Å². The predicted octanol–water partition coefficient (Wildman–Crippen LogP) is 2.81. The van der Waals surface area contributed by atoms with Crippen molar-refractivity contribution in [1.82, 2.24) is 0 Å². The molecule has 0 radical (unpaired) electrons. The lowest BCUT2D eigenvalue weighted by atomic mass is 10.4. The summed E-state index contributed by atoms with van der Waals surface area (Å²) in [5.41, 5.74) is 0. The molecule has 0 saturated heterocycles. The lowest BCUT2D eigenvalue weighted by Gasteiger charge is -2.00. The van der Waals surface area contributed by atoms with Crippen LogP contribution in [0.15, 0.2) is 11.9 Å². The van der Waals surface area contributed by atoms with Crippen LogP contribution in [0.3, 0.4) is 0 Å². The molecule has 0 N–H and O–H groups in total. The fraction of sp³-hybridized carbons (Fsp3) is 0.600. The lowest BCUT2D eigenvalue weighted by Crippen LogP contribution is -2.07. The minimum Gasteiger partial charge on any atom is -0.202 e. The Kier molecular flexibility index (Phi) is 2.67. The Labute approximate surface area is 50.2 Å². The summed E-state index contributed by atoms with van der Waals surface area (Å²) in [6.45, 7) is 1.44. The molecule has 0 spiro atoms. The summed E-state index contributed by atoms with van der Waals surface area (Å²) in [4.78, 5) is 0. The Bertz CT molecular complexity index is 111. The molecule has 0 fully saturated rings. The van der Waals surface area contributed by atoms with E-state index in [1.54, 1.807) is 0 Å². The van der Waals surface area contributed by atoms with Gasteiger partial charge in [0.05, 0.1) is 0 Å². The van der Waals surface area contributed by atoms with Crippen LogP contribution in [0.5, 0.6) is 0 Å². The quantitative estimate of drug-likeness (QED) is 0.494. The molecule has 0 unspecified atom stereocenters. The maximum absolute atomic E-state index is 11.6. The normalized spacial score (nSPS) is 14.1. The minimum atomic E-state index is -4.80. The van der Waals surface area contributed by atoms with Gasteiger partial charge in [-0.2, -0.15) is 13.2 Å². The van der Waals surface area contributed by atoms with E-state index in [2.05, 4.69) is 0 Å². The van der Waals surface area contributed by atoms with Gasteiger partial charge in [0.2, 0.25) is 0 Å². The molecule has 0 atom stereocenters. The standard InChI is InChI=1S/C5H6F4/c1-2-3-4(6)5(7,8)9/h3H,2H2,1H3. The zero-order valence-corrected chi connectivity index (χ0v) is 4.80. The molecule has 4 heteroatoms. The molecule has 0 aliphatic carbocycles. The van der Waals surface area contributed by atoms with Gasteiger partial charge in [-0.05, 0) is 12.5 Å². The second kappa shape index (κ2) is 2.85. The highest BCUT2D eigenvalue weighted by Gasteiger charge is 2.33. The Morgan fingerprint density at radius 3 is 2.00 bits per heavy atom. The molecule has 0 aliphatic heterocycles. The first-order chi connectivity index (χ1) is 3.98. The summed E-state index contributed by atoms with van der Waals surface area (Å²) in [6, 6.07) is 0. The van der Waals surface area contributed by atoms with Crippen molar-refractivity contribution < 1.29 is 17.6 Å². The highest BCUT2D eigenvalue weighted by atomic mass is 19.4. The molecule has 0 nitrogen and oxygen atoms in total. The summed E-state index contributed by atoms with van der Waals surface area (Å²) in [5.74, 6) is -2.01. The Hall–Kier alpha value is -0.540. The molecule has 0 aromatic rings. The van der Waals surface area contributed by atoms with Crippen molar-refractivity contribution in [3.05, 3.63) is 11.9 Å². The smallest absolute Gasteiger partial charge is 0.202 e. The second-order valence-corrected chi connectivity index (χ2v) is 1.46. The van der Waals surface area contributed by atoms with E-state index in [-0.39, 0.29) is 6.42 Å². The minimum absolute atomic E-state index is 0.0609. The zero-order valence-electron chi connectivity index (χ0n) is 4.80.